The van der Waals surface area contributed by atoms with Crippen molar-refractivity contribution in [1.82, 2.24) is 4.90 Å². The lowest BCUT2D eigenvalue weighted by molar-refractivity contribution is 0.0725. The van der Waals surface area contributed by atoms with Crippen molar-refractivity contribution >= 4 is 11.6 Å². The average molecular weight is 330 g/mol. The van der Waals surface area contributed by atoms with E-state index in [1.165, 1.54) is 5.56 Å². The van der Waals surface area contributed by atoms with E-state index in [4.69, 9.17) is 0 Å². The maximum Gasteiger partial charge on any atom is 0.254 e. The SMILES string of the molecule is Cc1cccc(N2CCN(C(=O)c3cc(F)cc(F)c3)C[C@@H]2C)c1. The average Bonchev–Trinajstić information content (AvgIpc) is 2.53. The summed E-state index contributed by atoms with van der Waals surface area (Å²) in [5.41, 5.74) is 2.38. The Hall–Kier alpha value is -2.43. The minimum atomic E-state index is -0.732. The Kier molecular flexibility index (Phi) is 4.51. The van der Waals surface area contributed by atoms with Crippen LogP contribution in [0.15, 0.2) is 42.5 Å². The van der Waals surface area contributed by atoms with E-state index in [0.717, 1.165) is 23.9 Å². The molecule has 0 aliphatic carbocycles. The van der Waals surface area contributed by atoms with Crippen molar-refractivity contribution in [3.8, 4) is 0 Å². The molecule has 126 valence electrons. The lowest BCUT2D eigenvalue weighted by atomic mass is 10.1. The van der Waals surface area contributed by atoms with Gasteiger partial charge in [0.15, 0.2) is 0 Å². The van der Waals surface area contributed by atoms with Gasteiger partial charge in [-0.2, -0.15) is 0 Å². The fourth-order valence-electron chi connectivity index (χ4n) is 3.19. The zero-order chi connectivity index (χ0) is 17.3. The Balaban J connectivity index is 1.74. The first kappa shape index (κ1) is 16.4. The second kappa shape index (κ2) is 6.59. The number of nitrogens with zero attached hydrogens (tertiary/aromatic N) is 2. The molecule has 0 radical (unpaired) electrons. The number of carbonyl (C=O) groups is 1. The van der Waals surface area contributed by atoms with E-state index in [0.29, 0.717) is 19.6 Å². The van der Waals surface area contributed by atoms with E-state index in [9.17, 15) is 13.6 Å². The first-order valence-corrected chi connectivity index (χ1v) is 8.03. The van der Waals surface area contributed by atoms with Gasteiger partial charge in [-0.05, 0) is 43.7 Å². The van der Waals surface area contributed by atoms with Crippen molar-refractivity contribution in [2.24, 2.45) is 0 Å². The summed E-state index contributed by atoms with van der Waals surface area (Å²) in [6.45, 7) is 5.83. The number of halogens is 2. The van der Waals surface area contributed by atoms with Crippen molar-refractivity contribution in [3.63, 3.8) is 0 Å². The lowest BCUT2D eigenvalue weighted by Crippen LogP contribution is -2.53. The number of hydrogen-bond acceptors (Lipinski definition) is 2. The van der Waals surface area contributed by atoms with Crippen LogP contribution in [0.5, 0.6) is 0 Å². The normalized spacial score (nSPS) is 17.9. The van der Waals surface area contributed by atoms with Gasteiger partial charge >= 0.3 is 0 Å². The Morgan fingerprint density at radius 1 is 1.08 bits per heavy atom. The number of hydrogen-bond donors (Lipinski definition) is 0. The zero-order valence-electron chi connectivity index (χ0n) is 13.8. The third kappa shape index (κ3) is 3.40. The second-order valence-electron chi connectivity index (χ2n) is 6.29. The first-order chi connectivity index (χ1) is 11.4. The molecule has 1 fully saturated rings. The summed E-state index contributed by atoms with van der Waals surface area (Å²) in [5.74, 6) is -1.79. The van der Waals surface area contributed by atoms with Crippen LogP contribution in [0.3, 0.4) is 0 Å². The largest absolute Gasteiger partial charge is 0.365 e. The summed E-state index contributed by atoms with van der Waals surface area (Å²) in [5, 5.41) is 0. The smallest absolute Gasteiger partial charge is 0.254 e. The van der Waals surface area contributed by atoms with Gasteiger partial charge in [-0.15, -0.1) is 0 Å². The van der Waals surface area contributed by atoms with Crippen LogP contribution in [-0.2, 0) is 0 Å². The Morgan fingerprint density at radius 2 is 1.79 bits per heavy atom. The van der Waals surface area contributed by atoms with E-state index >= 15 is 0 Å². The van der Waals surface area contributed by atoms with Gasteiger partial charge in [0, 0.05) is 43.0 Å². The fourth-order valence-corrected chi connectivity index (χ4v) is 3.19. The van der Waals surface area contributed by atoms with Gasteiger partial charge in [0.25, 0.3) is 5.91 Å². The summed E-state index contributed by atoms with van der Waals surface area (Å²) in [6.07, 6.45) is 0. The maximum absolute atomic E-state index is 13.3. The third-order valence-electron chi connectivity index (χ3n) is 4.36. The van der Waals surface area contributed by atoms with Gasteiger partial charge in [0.1, 0.15) is 11.6 Å². The summed E-state index contributed by atoms with van der Waals surface area (Å²) < 4.78 is 26.7. The number of piperazine rings is 1. The topological polar surface area (TPSA) is 23.6 Å². The summed E-state index contributed by atoms with van der Waals surface area (Å²) in [7, 11) is 0. The van der Waals surface area contributed by atoms with Crippen LogP contribution in [0.2, 0.25) is 0 Å². The minimum Gasteiger partial charge on any atom is -0.365 e. The highest BCUT2D eigenvalue weighted by molar-refractivity contribution is 5.94. The molecular weight excluding hydrogens is 310 g/mol. The number of carbonyl (C=O) groups excluding carboxylic acids is 1. The van der Waals surface area contributed by atoms with Crippen LogP contribution < -0.4 is 4.90 Å². The molecule has 0 saturated carbocycles. The standard InChI is InChI=1S/C19H20F2N2O/c1-13-4-3-5-18(8-13)23-7-6-22(12-14(23)2)19(24)15-9-16(20)11-17(21)10-15/h3-5,8-11,14H,6-7,12H2,1-2H3/t14-/m0/s1. The summed E-state index contributed by atoms with van der Waals surface area (Å²) in [4.78, 5) is 16.4. The minimum absolute atomic E-state index is 0.0590. The van der Waals surface area contributed by atoms with Crippen molar-refractivity contribution in [3.05, 3.63) is 65.2 Å². The van der Waals surface area contributed by atoms with Gasteiger partial charge < -0.3 is 9.80 Å². The van der Waals surface area contributed by atoms with Gasteiger partial charge in [-0.1, -0.05) is 12.1 Å². The molecule has 1 saturated heterocycles. The highest BCUT2D eigenvalue weighted by Crippen LogP contribution is 2.22. The predicted molar refractivity (Wildman–Crippen MR) is 90.2 cm³/mol. The molecule has 0 N–H and O–H groups in total. The van der Waals surface area contributed by atoms with Crippen molar-refractivity contribution in [1.29, 1.82) is 0 Å². The lowest BCUT2D eigenvalue weighted by Gasteiger charge is -2.41. The number of benzene rings is 2. The molecule has 5 heteroatoms. The summed E-state index contributed by atoms with van der Waals surface area (Å²) in [6, 6.07) is 11.3. The molecule has 2 aromatic carbocycles. The van der Waals surface area contributed by atoms with Crippen LogP contribution in [0.1, 0.15) is 22.8 Å². The van der Waals surface area contributed by atoms with Crippen molar-refractivity contribution in [2.45, 2.75) is 19.9 Å². The molecule has 1 amide bonds. The first-order valence-electron chi connectivity index (χ1n) is 8.03. The molecular formula is C19H20F2N2O. The van der Waals surface area contributed by atoms with E-state index in [1.54, 1.807) is 4.90 Å². The van der Waals surface area contributed by atoms with Crippen LogP contribution in [0.25, 0.3) is 0 Å². The van der Waals surface area contributed by atoms with Gasteiger partial charge in [-0.3, -0.25) is 4.79 Å². The molecule has 0 spiro atoms. The van der Waals surface area contributed by atoms with Crippen molar-refractivity contribution in [2.75, 3.05) is 24.5 Å². The Bertz CT molecular complexity index is 743. The molecule has 2 aromatic rings. The number of aryl methyl sites for hydroxylation is 1. The Labute approximate surface area is 140 Å². The molecule has 1 aliphatic heterocycles. The number of rotatable bonds is 2. The molecule has 1 atom stereocenters. The van der Waals surface area contributed by atoms with Gasteiger partial charge in [0.2, 0.25) is 0 Å². The second-order valence-corrected chi connectivity index (χ2v) is 6.29. The molecule has 24 heavy (non-hydrogen) atoms. The molecule has 0 bridgehead atoms. The molecule has 1 heterocycles. The predicted octanol–water partition coefficient (Wildman–Crippen LogP) is 3.62. The van der Waals surface area contributed by atoms with Crippen molar-refractivity contribution < 1.29 is 13.6 Å². The Morgan fingerprint density at radius 3 is 2.42 bits per heavy atom. The van der Waals surface area contributed by atoms with Crippen LogP contribution >= 0.6 is 0 Å². The quantitative estimate of drug-likeness (QED) is 0.839. The molecule has 1 aliphatic rings. The zero-order valence-corrected chi connectivity index (χ0v) is 13.8. The molecule has 0 unspecified atom stereocenters. The third-order valence-corrected chi connectivity index (χ3v) is 4.36. The maximum atomic E-state index is 13.3. The number of amides is 1. The number of anilines is 1. The summed E-state index contributed by atoms with van der Waals surface area (Å²) >= 11 is 0. The van der Waals surface area contributed by atoms with Crippen LogP contribution in [-0.4, -0.2) is 36.5 Å². The van der Waals surface area contributed by atoms with E-state index < -0.39 is 11.6 Å². The fraction of sp³-hybridized carbons (Fsp3) is 0.316. The van der Waals surface area contributed by atoms with E-state index in [1.807, 2.05) is 26.0 Å². The molecule has 3 nitrogen and oxygen atoms in total. The van der Waals surface area contributed by atoms with E-state index in [-0.39, 0.29) is 17.5 Å². The highest BCUT2D eigenvalue weighted by atomic mass is 19.1. The monoisotopic (exact) mass is 330 g/mol. The van der Waals surface area contributed by atoms with Crippen LogP contribution in [0.4, 0.5) is 14.5 Å². The highest BCUT2D eigenvalue weighted by Gasteiger charge is 2.28. The molecule has 0 aromatic heterocycles. The van der Waals surface area contributed by atoms with Gasteiger partial charge in [-0.25, -0.2) is 8.78 Å². The van der Waals surface area contributed by atoms with Crippen LogP contribution in [0, 0.1) is 18.6 Å². The van der Waals surface area contributed by atoms with E-state index in [2.05, 4.69) is 17.0 Å². The van der Waals surface area contributed by atoms with Gasteiger partial charge in [0.05, 0.1) is 0 Å². The molecule has 3 rings (SSSR count).